The van der Waals surface area contributed by atoms with E-state index in [9.17, 15) is 13.2 Å². The van der Waals surface area contributed by atoms with Gasteiger partial charge in [0.15, 0.2) is 0 Å². The fraction of sp³-hybridized carbons (Fsp3) is 0.0833. The molecule has 0 spiro atoms. The molecule has 3 N–H and O–H groups in total. The Morgan fingerprint density at radius 1 is 1.00 bits per heavy atom. The topological polar surface area (TPSA) is 116 Å². The molecule has 4 rings (SSSR count). The molecule has 1 aromatic heterocycles. The third kappa shape index (κ3) is 5.46. The van der Waals surface area contributed by atoms with Gasteiger partial charge >= 0.3 is 0 Å². The molecule has 0 bridgehead atoms. The van der Waals surface area contributed by atoms with Gasteiger partial charge in [-0.05, 0) is 54.1 Å². The summed E-state index contributed by atoms with van der Waals surface area (Å²) in [4.78, 5) is 13.2. The summed E-state index contributed by atoms with van der Waals surface area (Å²) in [7, 11) is -2.04. The molecule has 0 atom stereocenters. The highest BCUT2D eigenvalue weighted by Crippen LogP contribution is 2.26. The van der Waals surface area contributed by atoms with Crippen LogP contribution in [0.3, 0.4) is 0 Å². The third-order valence-corrected chi connectivity index (χ3v) is 5.66. The second-order valence-electron chi connectivity index (χ2n) is 7.36. The monoisotopic (exact) mass is 462 g/mol. The number of ether oxygens (including phenoxy) is 1. The number of aromatic nitrogens is 2. The lowest BCUT2D eigenvalue weighted by Gasteiger charge is -2.07. The van der Waals surface area contributed by atoms with Gasteiger partial charge in [-0.25, -0.2) is 18.2 Å². The first kappa shape index (κ1) is 22.3. The summed E-state index contributed by atoms with van der Waals surface area (Å²) >= 11 is 0. The van der Waals surface area contributed by atoms with Crippen LogP contribution in [0.1, 0.15) is 15.9 Å². The molecule has 1 heterocycles. The van der Waals surface area contributed by atoms with Gasteiger partial charge in [0, 0.05) is 17.4 Å². The average molecular weight is 463 g/mol. The standard InChI is InChI=1S/C24H22N4O4S/c1-32-21-13-9-18(10-14-21)23-22(15-28(27-23)20-5-3-2-4-6-20)24(29)26-19-11-7-17(8-12-19)16-33(25,30)31/h2-15H,16H2,1H3,(H,26,29)(H2,25,30,31). The van der Waals surface area contributed by atoms with E-state index in [-0.39, 0.29) is 11.7 Å². The van der Waals surface area contributed by atoms with E-state index in [1.165, 1.54) is 0 Å². The lowest BCUT2D eigenvalue weighted by molar-refractivity contribution is 0.102. The minimum Gasteiger partial charge on any atom is -0.497 e. The summed E-state index contributed by atoms with van der Waals surface area (Å²) in [6.45, 7) is 0. The fourth-order valence-electron chi connectivity index (χ4n) is 3.33. The molecular weight excluding hydrogens is 440 g/mol. The summed E-state index contributed by atoms with van der Waals surface area (Å²) in [6, 6.07) is 23.3. The van der Waals surface area contributed by atoms with Crippen molar-refractivity contribution in [1.29, 1.82) is 0 Å². The highest BCUT2D eigenvalue weighted by Gasteiger charge is 2.19. The van der Waals surface area contributed by atoms with Crippen molar-refractivity contribution in [3.63, 3.8) is 0 Å². The Hall–Kier alpha value is -3.95. The van der Waals surface area contributed by atoms with Crippen LogP contribution in [0, 0.1) is 0 Å². The molecule has 0 aliphatic heterocycles. The highest BCUT2D eigenvalue weighted by molar-refractivity contribution is 7.88. The molecule has 0 saturated heterocycles. The van der Waals surface area contributed by atoms with Crippen LogP contribution in [0.25, 0.3) is 16.9 Å². The summed E-state index contributed by atoms with van der Waals surface area (Å²) in [5, 5.41) is 12.6. The molecule has 0 saturated carbocycles. The normalized spacial score (nSPS) is 11.2. The number of nitrogens with one attached hydrogen (secondary N) is 1. The molecule has 4 aromatic rings. The summed E-state index contributed by atoms with van der Waals surface area (Å²) in [6.07, 6.45) is 1.68. The Kier molecular flexibility index (Phi) is 6.25. The molecule has 0 aliphatic carbocycles. The maximum absolute atomic E-state index is 13.2. The van der Waals surface area contributed by atoms with Crippen LogP contribution in [-0.2, 0) is 15.8 Å². The Morgan fingerprint density at radius 2 is 1.67 bits per heavy atom. The number of sulfonamides is 1. The van der Waals surface area contributed by atoms with Gasteiger partial charge in [-0.3, -0.25) is 4.79 Å². The van der Waals surface area contributed by atoms with Gasteiger partial charge in [0.2, 0.25) is 10.0 Å². The summed E-state index contributed by atoms with van der Waals surface area (Å²) in [5.74, 6) is 0.0844. The number of nitrogens with two attached hydrogens (primary N) is 1. The van der Waals surface area contributed by atoms with Crippen LogP contribution in [0.2, 0.25) is 0 Å². The molecule has 0 radical (unpaired) electrons. The van der Waals surface area contributed by atoms with Crippen LogP contribution in [0.4, 0.5) is 5.69 Å². The van der Waals surface area contributed by atoms with E-state index in [1.54, 1.807) is 42.3 Å². The van der Waals surface area contributed by atoms with E-state index in [0.29, 0.717) is 28.3 Å². The number of amides is 1. The van der Waals surface area contributed by atoms with Crippen molar-refractivity contribution in [3.05, 3.63) is 96.2 Å². The van der Waals surface area contributed by atoms with Gasteiger partial charge in [0.25, 0.3) is 5.91 Å². The lowest BCUT2D eigenvalue weighted by atomic mass is 10.1. The molecule has 3 aromatic carbocycles. The van der Waals surface area contributed by atoms with Crippen molar-refractivity contribution in [3.8, 4) is 22.7 Å². The predicted octanol–water partition coefficient (Wildman–Crippen LogP) is 3.59. The zero-order valence-corrected chi connectivity index (χ0v) is 18.6. The average Bonchev–Trinajstić information content (AvgIpc) is 3.26. The minimum atomic E-state index is -3.63. The first-order valence-electron chi connectivity index (χ1n) is 10.0. The SMILES string of the molecule is COc1ccc(-c2nn(-c3ccccc3)cc2C(=O)Nc2ccc(CS(N)(=O)=O)cc2)cc1. The van der Waals surface area contributed by atoms with Gasteiger partial charge in [-0.15, -0.1) is 0 Å². The predicted molar refractivity (Wildman–Crippen MR) is 127 cm³/mol. The fourth-order valence-corrected chi connectivity index (χ4v) is 3.99. The van der Waals surface area contributed by atoms with Gasteiger partial charge in [0.05, 0.1) is 24.1 Å². The van der Waals surface area contributed by atoms with Crippen molar-refractivity contribution in [2.45, 2.75) is 5.75 Å². The Bertz CT molecular complexity index is 1360. The quantitative estimate of drug-likeness (QED) is 0.435. The summed E-state index contributed by atoms with van der Waals surface area (Å²) < 4.78 is 29.4. The number of methoxy groups -OCH3 is 1. The largest absolute Gasteiger partial charge is 0.497 e. The van der Waals surface area contributed by atoms with Crippen LogP contribution in [-0.4, -0.2) is 31.2 Å². The van der Waals surface area contributed by atoms with Crippen molar-refractivity contribution in [2.24, 2.45) is 5.14 Å². The molecule has 8 nitrogen and oxygen atoms in total. The number of carbonyl (C=O) groups excluding carboxylic acids is 1. The summed E-state index contributed by atoms with van der Waals surface area (Å²) in [5.41, 5.74) is 3.54. The van der Waals surface area contributed by atoms with Crippen molar-refractivity contribution in [2.75, 3.05) is 12.4 Å². The second kappa shape index (κ2) is 9.27. The number of rotatable bonds is 7. The van der Waals surface area contributed by atoms with Crippen LogP contribution in [0.15, 0.2) is 85.1 Å². The van der Waals surface area contributed by atoms with Gasteiger partial charge < -0.3 is 10.1 Å². The van der Waals surface area contributed by atoms with Crippen LogP contribution < -0.4 is 15.2 Å². The van der Waals surface area contributed by atoms with Crippen LogP contribution >= 0.6 is 0 Å². The maximum atomic E-state index is 13.2. The number of benzene rings is 3. The van der Waals surface area contributed by atoms with E-state index in [1.807, 2.05) is 54.6 Å². The first-order chi connectivity index (χ1) is 15.8. The van der Waals surface area contributed by atoms with E-state index >= 15 is 0 Å². The molecule has 33 heavy (non-hydrogen) atoms. The Labute approximate surface area is 191 Å². The van der Waals surface area contributed by atoms with Gasteiger partial charge in [0.1, 0.15) is 11.4 Å². The number of hydrogen-bond donors (Lipinski definition) is 2. The number of para-hydroxylation sites is 1. The van der Waals surface area contributed by atoms with Crippen molar-refractivity contribution in [1.82, 2.24) is 9.78 Å². The highest BCUT2D eigenvalue weighted by atomic mass is 32.2. The molecule has 0 fully saturated rings. The zero-order chi connectivity index (χ0) is 23.4. The number of carbonyl (C=O) groups is 1. The van der Waals surface area contributed by atoms with Gasteiger partial charge in [-0.2, -0.15) is 5.10 Å². The molecule has 9 heteroatoms. The van der Waals surface area contributed by atoms with E-state index in [0.717, 1.165) is 11.3 Å². The minimum absolute atomic E-state index is 0.271. The van der Waals surface area contributed by atoms with Crippen LogP contribution in [0.5, 0.6) is 5.75 Å². The maximum Gasteiger partial charge on any atom is 0.259 e. The molecular formula is C24H22N4O4S. The van der Waals surface area contributed by atoms with Crippen molar-refractivity contribution < 1.29 is 17.9 Å². The number of anilines is 1. The number of hydrogen-bond acceptors (Lipinski definition) is 5. The lowest BCUT2D eigenvalue weighted by Crippen LogP contribution is -2.15. The first-order valence-corrected chi connectivity index (χ1v) is 11.7. The smallest absolute Gasteiger partial charge is 0.259 e. The zero-order valence-electron chi connectivity index (χ0n) is 17.8. The molecule has 1 amide bonds. The Balaban J connectivity index is 1.66. The van der Waals surface area contributed by atoms with Crippen molar-refractivity contribution >= 4 is 21.6 Å². The van der Waals surface area contributed by atoms with E-state index < -0.39 is 10.0 Å². The third-order valence-electron chi connectivity index (χ3n) is 4.92. The number of nitrogens with zero attached hydrogens (tertiary/aromatic N) is 2. The Morgan fingerprint density at radius 3 is 2.27 bits per heavy atom. The molecule has 0 aliphatic rings. The molecule has 0 unspecified atom stereocenters. The number of primary sulfonamides is 1. The molecule has 168 valence electrons. The van der Waals surface area contributed by atoms with Gasteiger partial charge in [-0.1, -0.05) is 30.3 Å². The second-order valence-corrected chi connectivity index (χ2v) is 8.97. The van der Waals surface area contributed by atoms with E-state index in [4.69, 9.17) is 9.88 Å². The van der Waals surface area contributed by atoms with E-state index in [2.05, 4.69) is 10.4 Å².